The number of thiazole rings is 1. The van der Waals surface area contributed by atoms with Crippen LogP contribution in [0.15, 0.2) is 41.8 Å². The highest BCUT2D eigenvalue weighted by atomic mass is 32.1. The van der Waals surface area contributed by atoms with Crippen molar-refractivity contribution in [1.29, 1.82) is 0 Å². The highest BCUT2D eigenvalue weighted by Crippen LogP contribution is 2.35. The number of likely N-dealkylation sites (tertiary alicyclic amines) is 1. The number of hydrogen-bond donors (Lipinski definition) is 1. The normalized spacial score (nSPS) is 20.5. The summed E-state index contributed by atoms with van der Waals surface area (Å²) in [6, 6.07) is 8.31. The maximum atomic E-state index is 12.5. The van der Waals surface area contributed by atoms with E-state index in [1.165, 1.54) is 29.7 Å². The summed E-state index contributed by atoms with van der Waals surface area (Å²) in [6.07, 6.45) is 8.42. The lowest BCUT2D eigenvalue weighted by Crippen LogP contribution is -2.38. The summed E-state index contributed by atoms with van der Waals surface area (Å²) in [7, 11) is 0. The highest BCUT2D eigenvalue weighted by Gasteiger charge is 2.47. The maximum Gasteiger partial charge on any atom is 0.246 e. The number of carbonyl (C=O) groups excluding carboxylic acids is 3. The number of allylic oxidation sites excluding steroid dienone is 2. The molecule has 2 heterocycles. The molecular formula is C23H25N3O3S. The molecule has 7 heteroatoms. The predicted octanol–water partition coefficient (Wildman–Crippen LogP) is 4.04. The van der Waals surface area contributed by atoms with Crippen LogP contribution >= 0.6 is 11.3 Å². The minimum absolute atomic E-state index is 0.243. The van der Waals surface area contributed by atoms with Crippen molar-refractivity contribution in [2.45, 2.75) is 39.0 Å². The molecule has 0 spiro atoms. The maximum absolute atomic E-state index is 12.5. The van der Waals surface area contributed by atoms with Crippen LogP contribution in [-0.4, -0.2) is 34.2 Å². The topological polar surface area (TPSA) is 79.4 Å². The van der Waals surface area contributed by atoms with E-state index in [1.54, 1.807) is 0 Å². The zero-order valence-corrected chi connectivity index (χ0v) is 17.8. The molecule has 1 N–H and O–H groups in total. The van der Waals surface area contributed by atoms with Gasteiger partial charge in [0.15, 0.2) is 5.13 Å². The first-order valence-corrected chi connectivity index (χ1v) is 11.3. The fraction of sp³-hybridized carbons (Fsp3) is 0.391. The van der Waals surface area contributed by atoms with Crippen LogP contribution in [0.1, 0.15) is 38.2 Å². The number of aromatic nitrogens is 1. The molecule has 2 atom stereocenters. The second-order valence-corrected chi connectivity index (χ2v) is 8.66. The van der Waals surface area contributed by atoms with Crippen molar-refractivity contribution in [3.8, 4) is 11.3 Å². The van der Waals surface area contributed by atoms with Crippen LogP contribution in [0.3, 0.4) is 0 Å². The van der Waals surface area contributed by atoms with Gasteiger partial charge < -0.3 is 5.32 Å². The van der Waals surface area contributed by atoms with Crippen LogP contribution in [0.2, 0.25) is 0 Å². The Labute approximate surface area is 180 Å². The standard InChI is InChI=1S/C23H25N3O3S/c1-2-3-6-15-9-11-16(12-10-15)19-14-30-23(24-19)25-20(27)13-26-21(28)17-7-4-5-8-18(17)22(26)29/h4-5,9-12,14,17-18H,2-3,6-8,13H2,1H3,(H,24,25,27). The number of benzene rings is 1. The molecule has 1 fully saturated rings. The molecule has 3 amide bonds. The van der Waals surface area contributed by atoms with Crippen LogP contribution in [0, 0.1) is 11.8 Å². The van der Waals surface area contributed by atoms with E-state index in [-0.39, 0.29) is 30.2 Å². The van der Waals surface area contributed by atoms with Crippen molar-refractivity contribution in [2.24, 2.45) is 11.8 Å². The third-order valence-electron chi connectivity index (χ3n) is 5.72. The molecule has 0 bridgehead atoms. The van der Waals surface area contributed by atoms with Gasteiger partial charge in [0, 0.05) is 10.9 Å². The summed E-state index contributed by atoms with van der Waals surface area (Å²) in [5.74, 6) is -1.52. The van der Waals surface area contributed by atoms with Gasteiger partial charge in [0.05, 0.1) is 17.5 Å². The summed E-state index contributed by atoms with van der Waals surface area (Å²) >= 11 is 1.33. The van der Waals surface area contributed by atoms with Gasteiger partial charge in [-0.15, -0.1) is 11.3 Å². The molecule has 30 heavy (non-hydrogen) atoms. The van der Waals surface area contributed by atoms with Gasteiger partial charge in [-0.05, 0) is 31.2 Å². The van der Waals surface area contributed by atoms with Gasteiger partial charge in [-0.1, -0.05) is 49.8 Å². The number of nitrogens with one attached hydrogen (secondary N) is 1. The van der Waals surface area contributed by atoms with Crippen LogP contribution in [-0.2, 0) is 20.8 Å². The Morgan fingerprint density at radius 3 is 2.43 bits per heavy atom. The zero-order chi connectivity index (χ0) is 21.1. The van der Waals surface area contributed by atoms with Crippen molar-refractivity contribution in [3.05, 3.63) is 47.4 Å². The SMILES string of the molecule is CCCCc1ccc(-c2csc(NC(=O)CN3C(=O)C4CC=CCC4C3=O)n2)cc1. The monoisotopic (exact) mass is 423 g/mol. The largest absolute Gasteiger partial charge is 0.300 e. The lowest BCUT2D eigenvalue weighted by atomic mass is 9.85. The molecule has 1 saturated heterocycles. The lowest BCUT2D eigenvalue weighted by Gasteiger charge is -2.14. The Bertz CT molecular complexity index is 954. The van der Waals surface area contributed by atoms with E-state index in [0.717, 1.165) is 22.6 Å². The van der Waals surface area contributed by atoms with E-state index in [1.807, 2.05) is 29.7 Å². The first-order chi connectivity index (χ1) is 14.6. The molecule has 0 radical (unpaired) electrons. The first-order valence-electron chi connectivity index (χ1n) is 10.4. The van der Waals surface area contributed by atoms with Gasteiger partial charge in [-0.3, -0.25) is 19.3 Å². The molecular weight excluding hydrogens is 398 g/mol. The molecule has 2 aromatic rings. The quantitative estimate of drug-likeness (QED) is 0.538. The number of fused-ring (bicyclic) bond motifs is 1. The Morgan fingerprint density at radius 1 is 1.13 bits per heavy atom. The van der Waals surface area contributed by atoms with E-state index < -0.39 is 5.91 Å². The number of imide groups is 1. The van der Waals surface area contributed by atoms with Crippen molar-refractivity contribution in [2.75, 3.05) is 11.9 Å². The van der Waals surface area contributed by atoms with Gasteiger partial charge in [0.2, 0.25) is 17.7 Å². The predicted molar refractivity (Wildman–Crippen MR) is 117 cm³/mol. The first kappa shape index (κ1) is 20.5. The third-order valence-corrected chi connectivity index (χ3v) is 6.48. The number of hydrogen-bond acceptors (Lipinski definition) is 5. The third kappa shape index (κ3) is 4.21. The summed E-state index contributed by atoms with van der Waals surface area (Å²) in [6.45, 7) is 1.92. The lowest BCUT2D eigenvalue weighted by molar-refractivity contribution is -0.142. The number of aryl methyl sites for hydroxylation is 1. The van der Waals surface area contributed by atoms with Crippen molar-refractivity contribution < 1.29 is 14.4 Å². The molecule has 156 valence electrons. The highest BCUT2D eigenvalue weighted by molar-refractivity contribution is 7.14. The minimum atomic E-state index is -0.404. The van der Waals surface area contributed by atoms with Crippen LogP contribution < -0.4 is 5.32 Å². The number of unbranched alkanes of at least 4 members (excludes halogenated alkanes) is 1. The van der Waals surface area contributed by atoms with Crippen molar-refractivity contribution in [1.82, 2.24) is 9.88 Å². The summed E-state index contributed by atoms with van der Waals surface area (Å²) in [5, 5.41) is 5.08. The fourth-order valence-corrected chi connectivity index (χ4v) is 4.75. The van der Waals surface area contributed by atoms with Gasteiger partial charge in [0.1, 0.15) is 6.54 Å². The summed E-state index contributed by atoms with van der Waals surface area (Å²) in [5.41, 5.74) is 3.09. The second kappa shape index (κ2) is 8.92. The average Bonchev–Trinajstić information content (AvgIpc) is 3.32. The smallest absolute Gasteiger partial charge is 0.246 e. The van der Waals surface area contributed by atoms with Gasteiger partial charge in [0.25, 0.3) is 0 Å². The van der Waals surface area contributed by atoms with Crippen LogP contribution in [0.5, 0.6) is 0 Å². The number of carbonyl (C=O) groups is 3. The number of nitrogens with zero attached hydrogens (tertiary/aromatic N) is 2. The molecule has 2 aliphatic rings. The van der Waals surface area contributed by atoms with Gasteiger partial charge in [-0.25, -0.2) is 4.98 Å². The molecule has 1 aliphatic heterocycles. The fourth-order valence-electron chi connectivity index (χ4n) is 4.01. The Balaban J connectivity index is 1.36. The molecule has 1 aromatic heterocycles. The molecule has 0 saturated carbocycles. The van der Waals surface area contributed by atoms with Crippen molar-refractivity contribution in [3.63, 3.8) is 0 Å². The van der Waals surface area contributed by atoms with E-state index in [4.69, 9.17) is 0 Å². The van der Waals surface area contributed by atoms with Crippen LogP contribution in [0.4, 0.5) is 5.13 Å². The van der Waals surface area contributed by atoms with E-state index in [0.29, 0.717) is 18.0 Å². The van der Waals surface area contributed by atoms with E-state index in [9.17, 15) is 14.4 Å². The molecule has 1 aromatic carbocycles. The Morgan fingerprint density at radius 2 is 1.80 bits per heavy atom. The van der Waals surface area contributed by atoms with Crippen LogP contribution in [0.25, 0.3) is 11.3 Å². The molecule has 2 unspecified atom stereocenters. The number of anilines is 1. The van der Waals surface area contributed by atoms with Gasteiger partial charge >= 0.3 is 0 Å². The Kier molecular flexibility index (Phi) is 6.08. The van der Waals surface area contributed by atoms with E-state index in [2.05, 4.69) is 29.4 Å². The molecule has 6 nitrogen and oxygen atoms in total. The van der Waals surface area contributed by atoms with Crippen molar-refractivity contribution >= 4 is 34.2 Å². The second-order valence-electron chi connectivity index (χ2n) is 7.80. The average molecular weight is 424 g/mol. The number of amides is 3. The van der Waals surface area contributed by atoms with E-state index >= 15 is 0 Å². The Hall–Kier alpha value is -2.80. The number of rotatable bonds is 7. The van der Waals surface area contributed by atoms with Gasteiger partial charge in [-0.2, -0.15) is 0 Å². The minimum Gasteiger partial charge on any atom is -0.300 e. The summed E-state index contributed by atoms with van der Waals surface area (Å²) in [4.78, 5) is 43.0. The molecule has 1 aliphatic carbocycles. The molecule has 4 rings (SSSR count). The zero-order valence-electron chi connectivity index (χ0n) is 17.0. The summed E-state index contributed by atoms with van der Waals surface area (Å²) < 4.78 is 0.